The van der Waals surface area contributed by atoms with Crippen LogP contribution in [0, 0.1) is 0 Å². The van der Waals surface area contributed by atoms with Crippen molar-refractivity contribution in [2.75, 3.05) is 0 Å². The second kappa shape index (κ2) is 3.78. The van der Waals surface area contributed by atoms with Gasteiger partial charge in [-0.3, -0.25) is 4.79 Å². The summed E-state index contributed by atoms with van der Waals surface area (Å²) >= 11 is 0. The van der Waals surface area contributed by atoms with Crippen LogP contribution in [0.4, 0.5) is 0 Å². The van der Waals surface area contributed by atoms with Crippen molar-refractivity contribution >= 4 is 6.47 Å². The van der Waals surface area contributed by atoms with Crippen LogP contribution in [0.2, 0.25) is 0 Å². The van der Waals surface area contributed by atoms with Crippen LogP contribution in [0.15, 0.2) is 5.28 Å². The molecule has 0 radical (unpaired) electrons. The first-order valence-corrected chi connectivity index (χ1v) is 1.05. The Morgan fingerprint density at radius 2 is 2.67 bits per heavy atom. The lowest BCUT2D eigenvalue weighted by molar-refractivity contribution is -0.128. The van der Waals surface area contributed by atoms with Gasteiger partial charge in [-0.25, -0.2) is 0 Å². The highest BCUT2D eigenvalue weighted by Crippen LogP contribution is 1.63. The van der Waals surface area contributed by atoms with E-state index in [1.54, 1.807) is 0 Å². The minimum Gasteiger partial charge on any atom is -0.361 e. The Morgan fingerprint density at radius 3 is 2.83 bits per heavy atom. The van der Waals surface area contributed by atoms with Crippen LogP contribution < -0.4 is 0 Å². The Labute approximate surface area is 33.1 Å². The maximum Gasteiger partial charge on any atom is 0.305 e. The standard InChI is InChI=1S/CHN3O2/c2-3-4-6-1-5/h1H. The van der Waals surface area contributed by atoms with Gasteiger partial charge in [0, 0.05) is 4.91 Å². The van der Waals surface area contributed by atoms with Gasteiger partial charge in [0.2, 0.25) is 0 Å². The second-order valence-electron chi connectivity index (χ2n) is 0.373. The Morgan fingerprint density at radius 1 is 2.00 bits per heavy atom. The fraction of sp³-hybridized carbons (Fsp3) is 0. The van der Waals surface area contributed by atoms with Crippen molar-refractivity contribution in [3.63, 3.8) is 0 Å². The van der Waals surface area contributed by atoms with Gasteiger partial charge in [0.15, 0.2) is 0 Å². The van der Waals surface area contributed by atoms with E-state index in [9.17, 15) is 0 Å². The molecule has 0 saturated carbocycles. The summed E-state index contributed by atoms with van der Waals surface area (Å²) in [5.41, 5.74) is 7.37. The van der Waals surface area contributed by atoms with E-state index < -0.39 is 0 Å². The zero-order chi connectivity index (χ0) is 4.83. The van der Waals surface area contributed by atoms with Crippen molar-refractivity contribution in [2.45, 2.75) is 0 Å². The van der Waals surface area contributed by atoms with Crippen LogP contribution >= 0.6 is 0 Å². The van der Waals surface area contributed by atoms with Gasteiger partial charge in [-0.05, 0) is 5.53 Å². The normalized spacial score (nSPS) is 5.33. The molecule has 0 aliphatic rings. The first-order valence-electron chi connectivity index (χ1n) is 1.05. The quantitative estimate of drug-likeness (QED) is 0.160. The molecule has 0 amide bonds. The number of azide groups is 1. The number of carbonyl (C=O) groups excluding carboxylic acids is 1. The maximum absolute atomic E-state index is 9.08. The molecule has 0 fully saturated rings. The Balaban J connectivity index is 3.07. The molecule has 0 aromatic heterocycles. The van der Waals surface area contributed by atoms with E-state index in [1.165, 1.54) is 0 Å². The Hall–Kier alpha value is -1.22. The van der Waals surface area contributed by atoms with Crippen LogP contribution in [0.25, 0.3) is 10.4 Å². The van der Waals surface area contributed by atoms with E-state index in [4.69, 9.17) is 10.3 Å². The van der Waals surface area contributed by atoms with E-state index in [0.717, 1.165) is 0 Å². The van der Waals surface area contributed by atoms with Gasteiger partial charge < -0.3 is 4.84 Å². The lowest BCUT2D eigenvalue weighted by Gasteiger charge is -1.67. The molecule has 0 N–H and O–H groups in total. The summed E-state index contributed by atoms with van der Waals surface area (Å²) in [5, 5.41) is 2.40. The predicted molar refractivity (Wildman–Crippen MR) is 16.3 cm³/mol. The fourth-order valence-corrected chi connectivity index (χ4v) is 0.0403. The third-order valence-corrected chi connectivity index (χ3v) is 0.127. The van der Waals surface area contributed by atoms with Gasteiger partial charge >= 0.3 is 6.47 Å². The van der Waals surface area contributed by atoms with Crippen LogP contribution in [-0.4, -0.2) is 6.47 Å². The van der Waals surface area contributed by atoms with Gasteiger partial charge in [0.05, 0.1) is 0 Å². The third kappa shape index (κ3) is 2.78. The summed E-state index contributed by atoms with van der Waals surface area (Å²) in [7, 11) is 0. The van der Waals surface area contributed by atoms with E-state index >= 15 is 0 Å². The Bertz CT molecular complexity index is 82.8. The first-order chi connectivity index (χ1) is 2.91. The topological polar surface area (TPSA) is 75.1 Å². The van der Waals surface area contributed by atoms with Crippen molar-refractivity contribution in [1.29, 1.82) is 0 Å². The summed E-state index contributed by atoms with van der Waals surface area (Å²) < 4.78 is 0. The van der Waals surface area contributed by atoms with Crippen molar-refractivity contribution < 1.29 is 9.63 Å². The highest BCUT2D eigenvalue weighted by molar-refractivity contribution is 5.36. The largest absolute Gasteiger partial charge is 0.361 e. The number of hydrogen-bond acceptors (Lipinski definition) is 3. The Kier molecular flexibility index (Phi) is 3.01. The van der Waals surface area contributed by atoms with Crippen molar-refractivity contribution in [3.05, 3.63) is 10.4 Å². The fourth-order valence-electron chi connectivity index (χ4n) is 0.0403. The van der Waals surface area contributed by atoms with E-state index in [2.05, 4.69) is 15.0 Å². The molecule has 0 aliphatic carbocycles. The lowest BCUT2D eigenvalue weighted by Crippen LogP contribution is -1.66. The van der Waals surface area contributed by atoms with Crippen LogP contribution in [0.5, 0.6) is 0 Å². The molecule has 0 saturated heterocycles. The zero-order valence-electron chi connectivity index (χ0n) is 2.74. The first kappa shape index (κ1) is 4.78. The molecular weight excluding hydrogens is 86.0 g/mol. The van der Waals surface area contributed by atoms with Crippen molar-refractivity contribution in [3.8, 4) is 0 Å². The molecule has 5 heteroatoms. The molecule has 5 nitrogen and oxygen atoms in total. The number of rotatable bonds is 2. The molecular formula is CHN3O2. The average Bonchev–Trinajstić information content (AvgIpc) is 1.61. The van der Waals surface area contributed by atoms with Crippen molar-refractivity contribution in [1.82, 2.24) is 0 Å². The summed E-state index contributed by atoms with van der Waals surface area (Å²) in [6, 6.07) is 0. The van der Waals surface area contributed by atoms with Crippen molar-refractivity contribution in [2.24, 2.45) is 5.28 Å². The molecule has 32 valence electrons. The van der Waals surface area contributed by atoms with Crippen LogP contribution in [-0.2, 0) is 9.63 Å². The van der Waals surface area contributed by atoms with E-state index in [-0.39, 0.29) is 6.47 Å². The maximum atomic E-state index is 9.08. The molecule has 0 rings (SSSR count). The molecule has 0 aliphatic heterocycles. The highest BCUT2D eigenvalue weighted by Gasteiger charge is 1.58. The number of nitrogens with zero attached hydrogens (tertiary/aromatic N) is 3. The van der Waals surface area contributed by atoms with Gasteiger partial charge in [0.1, 0.15) is 5.28 Å². The number of hydrogen-bond donors (Lipinski definition) is 0. The highest BCUT2D eigenvalue weighted by atomic mass is 16.7. The second-order valence-corrected chi connectivity index (χ2v) is 0.373. The predicted octanol–water partition coefficient (Wildman–Crippen LogP) is 0.385. The van der Waals surface area contributed by atoms with Gasteiger partial charge in [-0.15, -0.1) is 0 Å². The summed E-state index contributed by atoms with van der Waals surface area (Å²) in [5.74, 6) is 0. The monoisotopic (exact) mass is 87.0 g/mol. The van der Waals surface area contributed by atoms with Crippen LogP contribution in [0.3, 0.4) is 0 Å². The molecule has 0 atom stereocenters. The van der Waals surface area contributed by atoms with Gasteiger partial charge in [-0.1, -0.05) is 0 Å². The third-order valence-electron chi connectivity index (χ3n) is 0.127. The molecule has 6 heavy (non-hydrogen) atoms. The van der Waals surface area contributed by atoms with Gasteiger partial charge in [0.25, 0.3) is 0 Å². The van der Waals surface area contributed by atoms with E-state index in [1.807, 2.05) is 0 Å². The van der Waals surface area contributed by atoms with E-state index in [0.29, 0.717) is 0 Å². The molecule has 0 spiro atoms. The zero-order valence-corrected chi connectivity index (χ0v) is 2.74. The molecule has 0 aromatic carbocycles. The van der Waals surface area contributed by atoms with Crippen LogP contribution in [0.1, 0.15) is 0 Å². The summed E-state index contributed by atoms with van der Waals surface area (Å²) in [6.07, 6.45) is 0. The SMILES string of the molecule is [N-]=[N+]=NOC=O. The number of carbonyl (C=O) groups is 1. The molecule has 0 bridgehead atoms. The summed E-state index contributed by atoms with van der Waals surface area (Å²) in [4.78, 5) is 14.7. The lowest BCUT2D eigenvalue weighted by atomic mass is 11.6. The average molecular weight is 87.0 g/mol. The van der Waals surface area contributed by atoms with Gasteiger partial charge in [-0.2, -0.15) is 0 Å². The molecule has 0 unspecified atom stereocenters. The molecule has 0 aromatic rings. The minimum absolute atomic E-state index is 0.0414. The summed E-state index contributed by atoms with van der Waals surface area (Å²) in [6.45, 7) is 0.0414. The smallest absolute Gasteiger partial charge is 0.305 e. The molecule has 0 heterocycles. The minimum atomic E-state index is 0.0414.